The lowest BCUT2D eigenvalue weighted by molar-refractivity contribution is -0.134. The Hall–Kier alpha value is -2.28. The van der Waals surface area contributed by atoms with E-state index in [1.54, 1.807) is 11.0 Å². The number of amides is 2. The molecule has 2 aromatic carbocycles. The average molecular weight is 625 g/mol. The number of carbonyl (C=O) groups is 2. The number of nitrogens with one attached hydrogen (secondary N) is 1. The first-order valence-electron chi connectivity index (χ1n) is 14.1. The number of hydrogen-bond donors (Lipinski definition) is 3. The van der Waals surface area contributed by atoms with Gasteiger partial charge < -0.3 is 39.5 Å². The Labute approximate surface area is 256 Å². The molecule has 3 N–H and O–H groups in total. The molecule has 2 aromatic rings. The molecular weight excluding hydrogens is 585 g/mol. The minimum Gasteiger partial charge on any atom is -0.390 e. The summed E-state index contributed by atoms with van der Waals surface area (Å²) in [5, 5.41) is 22.3. The average Bonchev–Trinajstić information content (AvgIpc) is 3.27. The van der Waals surface area contributed by atoms with Crippen molar-refractivity contribution in [2.24, 2.45) is 0 Å². The number of halogens is 2. The molecule has 3 atom stereocenters. The fourth-order valence-corrected chi connectivity index (χ4v) is 5.76. The number of nitrogens with zero attached hydrogens (tertiary/aromatic N) is 2. The van der Waals surface area contributed by atoms with Crippen molar-refractivity contribution in [1.29, 1.82) is 0 Å². The molecule has 2 aliphatic rings. The molecule has 10 nitrogen and oxygen atoms in total. The Morgan fingerprint density at radius 1 is 1.02 bits per heavy atom. The summed E-state index contributed by atoms with van der Waals surface area (Å²) in [7, 11) is 2.07. The van der Waals surface area contributed by atoms with Crippen LogP contribution in [-0.2, 0) is 32.1 Å². The first kappa shape index (κ1) is 32.6. The van der Waals surface area contributed by atoms with Crippen LogP contribution in [0.15, 0.2) is 30.3 Å². The van der Waals surface area contributed by atoms with Crippen molar-refractivity contribution in [2.75, 3.05) is 66.3 Å². The number of likely N-dealkylation sites (N-methyl/N-ethyl adjacent to an activating group) is 1. The van der Waals surface area contributed by atoms with E-state index in [1.165, 1.54) is 6.92 Å². The molecule has 2 heterocycles. The number of carbonyl (C=O) groups excluding carboxylic acids is 2. The smallest absolute Gasteiger partial charge is 0.254 e. The van der Waals surface area contributed by atoms with E-state index < -0.39 is 18.1 Å². The third-order valence-corrected chi connectivity index (χ3v) is 7.98. The Morgan fingerprint density at radius 2 is 1.71 bits per heavy atom. The van der Waals surface area contributed by atoms with E-state index in [4.69, 9.17) is 37.4 Å². The SMILES string of the molecule is CC(O)C(O)C(=O)NCCOCCOCCOCCN1Cc2ccc(C3CN(C)Cc4c(Cl)cc(Cl)cc43)cc2C1=O. The Balaban J connectivity index is 1.14. The molecule has 2 aliphatic heterocycles. The van der Waals surface area contributed by atoms with Crippen LogP contribution in [0.3, 0.4) is 0 Å². The maximum Gasteiger partial charge on any atom is 0.254 e. The first-order chi connectivity index (χ1) is 20.2. The molecule has 42 heavy (non-hydrogen) atoms. The van der Waals surface area contributed by atoms with Crippen LogP contribution < -0.4 is 5.32 Å². The summed E-state index contributed by atoms with van der Waals surface area (Å²) in [6, 6.07) is 9.95. The normalized spacial score (nSPS) is 18.1. The van der Waals surface area contributed by atoms with Crippen molar-refractivity contribution >= 4 is 35.0 Å². The summed E-state index contributed by atoms with van der Waals surface area (Å²) in [4.78, 5) is 28.7. The van der Waals surface area contributed by atoms with Gasteiger partial charge in [0.2, 0.25) is 0 Å². The minimum absolute atomic E-state index is 0.00827. The molecule has 4 rings (SSSR count). The predicted octanol–water partition coefficient (Wildman–Crippen LogP) is 2.43. The van der Waals surface area contributed by atoms with E-state index in [-0.39, 0.29) is 25.0 Å². The second kappa shape index (κ2) is 15.4. The summed E-state index contributed by atoms with van der Waals surface area (Å²) in [5.41, 5.74) is 5.02. The largest absolute Gasteiger partial charge is 0.390 e. The zero-order valence-corrected chi connectivity index (χ0v) is 25.5. The summed E-state index contributed by atoms with van der Waals surface area (Å²) in [6.07, 6.45) is -2.58. The molecule has 2 amide bonds. The zero-order chi connectivity index (χ0) is 30.2. The van der Waals surface area contributed by atoms with Crippen LogP contribution in [0.4, 0.5) is 0 Å². The topological polar surface area (TPSA) is 121 Å². The highest BCUT2D eigenvalue weighted by Crippen LogP contribution is 2.39. The highest BCUT2D eigenvalue weighted by Gasteiger charge is 2.31. The molecule has 0 aliphatic carbocycles. The molecule has 12 heteroatoms. The Kier molecular flexibility index (Phi) is 12.0. The van der Waals surface area contributed by atoms with Gasteiger partial charge in [-0.05, 0) is 54.4 Å². The number of rotatable bonds is 15. The number of hydrogen-bond acceptors (Lipinski definition) is 8. The number of ether oxygens (including phenoxy) is 3. The van der Waals surface area contributed by atoms with Gasteiger partial charge in [-0.2, -0.15) is 0 Å². The first-order valence-corrected chi connectivity index (χ1v) is 14.9. The van der Waals surface area contributed by atoms with E-state index in [9.17, 15) is 19.8 Å². The fourth-order valence-electron chi connectivity index (χ4n) is 5.19. The van der Waals surface area contributed by atoms with E-state index in [1.807, 2.05) is 18.2 Å². The van der Waals surface area contributed by atoms with Gasteiger partial charge >= 0.3 is 0 Å². The zero-order valence-electron chi connectivity index (χ0n) is 24.0. The molecular formula is C30H39Cl2N3O7. The molecule has 0 fully saturated rings. The van der Waals surface area contributed by atoms with Crippen molar-refractivity contribution < 1.29 is 34.0 Å². The Bertz CT molecular complexity index is 1250. The maximum atomic E-state index is 13.2. The van der Waals surface area contributed by atoms with E-state index in [2.05, 4.69) is 23.3 Å². The third-order valence-electron chi connectivity index (χ3n) is 7.43. The van der Waals surface area contributed by atoms with Gasteiger partial charge in [0.1, 0.15) is 0 Å². The van der Waals surface area contributed by atoms with Crippen LogP contribution in [0.1, 0.15) is 45.5 Å². The molecule has 230 valence electrons. The number of fused-ring (bicyclic) bond motifs is 2. The third kappa shape index (κ3) is 8.42. The monoisotopic (exact) mass is 623 g/mol. The quantitative estimate of drug-likeness (QED) is 0.259. The molecule has 0 radical (unpaired) electrons. The number of aliphatic hydroxyl groups excluding tert-OH is 2. The summed E-state index contributed by atoms with van der Waals surface area (Å²) < 4.78 is 16.5. The lowest BCUT2D eigenvalue weighted by Crippen LogP contribution is -2.42. The fraction of sp³-hybridized carbons (Fsp3) is 0.533. The Morgan fingerprint density at radius 3 is 2.43 bits per heavy atom. The van der Waals surface area contributed by atoms with Crippen LogP contribution in [-0.4, -0.2) is 110 Å². The second-order valence-electron chi connectivity index (χ2n) is 10.7. The van der Waals surface area contributed by atoms with Crippen LogP contribution in [0.5, 0.6) is 0 Å². The van der Waals surface area contributed by atoms with Gasteiger partial charge in [-0.1, -0.05) is 35.3 Å². The van der Waals surface area contributed by atoms with Crippen molar-refractivity contribution in [2.45, 2.75) is 38.1 Å². The van der Waals surface area contributed by atoms with Crippen molar-refractivity contribution in [3.63, 3.8) is 0 Å². The summed E-state index contributed by atoms with van der Waals surface area (Å²) in [5.74, 6) is -0.554. The van der Waals surface area contributed by atoms with Gasteiger partial charge in [-0.25, -0.2) is 0 Å². The van der Waals surface area contributed by atoms with E-state index in [0.29, 0.717) is 56.2 Å². The molecule has 3 unspecified atom stereocenters. The highest BCUT2D eigenvalue weighted by atomic mass is 35.5. The lowest BCUT2D eigenvalue weighted by Gasteiger charge is -2.33. The van der Waals surface area contributed by atoms with Crippen LogP contribution in [0, 0.1) is 0 Å². The molecule has 0 saturated heterocycles. The van der Waals surface area contributed by atoms with Gasteiger partial charge in [0.05, 0.1) is 45.7 Å². The second-order valence-corrected chi connectivity index (χ2v) is 11.5. The lowest BCUT2D eigenvalue weighted by atomic mass is 9.84. The maximum absolute atomic E-state index is 13.2. The van der Waals surface area contributed by atoms with Crippen molar-refractivity contribution in [1.82, 2.24) is 15.1 Å². The summed E-state index contributed by atoms with van der Waals surface area (Å²) in [6.45, 7) is 6.36. The van der Waals surface area contributed by atoms with E-state index in [0.717, 1.165) is 40.9 Å². The van der Waals surface area contributed by atoms with Gasteiger partial charge in [0.25, 0.3) is 11.8 Å². The van der Waals surface area contributed by atoms with Gasteiger partial charge in [0.15, 0.2) is 6.10 Å². The van der Waals surface area contributed by atoms with Crippen LogP contribution in [0.2, 0.25) is 10.0 Å². The van der Waals surface area contributed by atoms with Gasteiger partial charge in [-0.3, -0.25) is 9.59 Å². The molecule has 0 spiro atoms. The van der Waals surface area contributed by atoms with Gasteiger partial charge in [0, 0.05) is 54.3 Å². The standard InChI is InChI=1S/C30H39Cl2N3O7/c1-19(36)28(37)29(38)33-5-7-40-9-11-42-12-10-41-8-6-35-16-21-4-3-20(13-23(21)30(35)39)25-17-34(2)18-26-24(25)14-22(31)15-27(26)32/h3-4,13-15,19,25,28,36-37H,5-12,16-18H2,1-2H3,(H,33,38). The van der Waals surface area contributed by atoms with Crippen LogP contribution in [0.25, 0.3) is 0 Å². The predicted molar refractivity (Wildman–Crippen MR) is 159 cm³/mol. The summed E-state index contributed by atoms with van der Waals surface area (Å²) >= 11 is 12.9. The number of aliphatic hydroxyl groups is 2. The molecule has 0 aromatic heterocycles. The van der Waals surface area contributed by atoms with Crippen molar-refractivity contribution in [3.8, 4) is 0 Å². The molecule has 0 saturated carbocycles. The highest BCUT2D eigenvalue weighted by molar-refractivity contribution is 6.35. The number of benzene rings is 2. The van der Waals surface area contributed by atoms with Crippen molar-refractivity contribution in [3.05, 3.63) is 68.2 Å². The van der Waals surface area contributed by atoms with Crippen LogP contribution >= 0.6 is 23.2 Å². The minimum atomic E-state index is -1.45. The molecule has 0 bridgehead atoms. The van der Waals surface area contributed by atoms with Gasteiger partial charge in [-0.15, -0.1) is 0 Å². The van der Waals surface area contributed by atoms with E-state index >= 15 is 0 Å².